The van der Waals surface area contributed by atoms with Gasteiger partial charge in [0.05, 0.1) is 17.9 Å². The molecule has 3 aromatic heterocycles. The maximum absolute atomic E-state index is 13.5. The summed E-state index contributed by atoms with van der Waals surface area (Å²) in [5.41, 5.74) is 3.90. The zero-order chi connectivity index (χ0) is 22.8. The number of fused-ring (bicyclic) bond motifs is 1. The van der Waals surface area contributed by atoms with Crippen molar-refractivity contribution in [2.45, 2.75) is 13.8 Å². The maximum Gasteiger partial charge on any atom is 0.293 e. The highest BCUT2D eigenvalue weighted by atomic mass is 35.5. The van der Waals surface area contributed by atoms with Crippen LogP contribution in [0.15, 0.2) is 47.5 Å². The van der Waals surface area contributed by atoms with E-state index < -0.39 is 0 Å². The van der Waals surface area contributed by atoms with Gasteiger partial charge in [0.2, 0.25) is 5.95 Å². The Morgan fingerprint density at radius 3 is 2.69 bits per heavy atom. The van der Waals surface area contributed by atoms with Gasteiger partial charge in [0, 0.05) is 48.2 Å². The normalized spacial score (nSPS) is 11.2. The van der Waals surface area contributed by atoms with Crippen LogP contribution >= 0.6 is 11.6 Å². The van der Waals surface area contributed by atoms with Gasteiger partial charge < -0.3 is 19.5 Å². The van der Waals surface area contributed by atoms with E-state index in [0.717, 1.165) is 16.9 Å². The van der Waals surface area contributed by atoms with Crippen LogP contribution in [0.4, 0.5) is 11.6 Å². The smallest absolute Gasteiger partial charge is 0.293 e. The summed E-state index contributed by atoms with van der Waals surface area (Å²) >= 11 is 6.44. The molecule has 0 saturated heterocycles. The van der Waals surface area contributed by atoms with Crippen LogP contribution in [-0.2, 0) is 11.8 Å². The number of methoxy groups -OCH3 is 1. The van der Waals surface area contributed by atoms with Crippen LogP contribution in [-0.4, -0.2) is 39.6 Å². The SMILES string of the molecule is COCCOn1c(=O)c(-c2c(C)cccc2Cl)cc2cnc(Nc3cc(C)n(C)c3)nc21. The number of rotatable bonds is 7. The number of benzene rings is 1. The molecule has 0 aliphatic heterocycles. The van der Waals surface area contributed by atoms with Gasteiger partial charge in [0.15, 0.2) is 5.65 Å². The lowest BCUT2D eigenvalue weighted by Gasteiger charge is -2.15. The Hall–Kier alpha value is -3.36. The Morgan fingerprint density at radius 2 is 2.00 bits per heavy atom. The standard InChI is InChI=1S/C23H24ClN5O3/c1-14-6-5-7-19(24)20(14)18-11-16-12-25-23(26-17-10-15(2)28(3)13-17)27-21(16)29(22(18)30)32-9-8-31-4/h5-7,10-13H,8-9H2,1-4H3,(H,25,26,27). The number of ether oxygens (including phenoxy) is 1. The average Bonchev–Trinajstić information content (AvgIpc) is 3.07. The summed E-state index contributed by atoms with van der Waals surface area (Å²) < 4.78 is 8.26. The Kier molecular flexibility index (Phi) is 6.16. The molecular weight excluding hydrogens is 430 g/mol. The van der Waals surface area contributed by atoms with Crippen LogP contribution in [0.5, 0.6) is 0 Å². The lowest BCUT2D eigenvalue weighted by molar-refractivity contribution is 0.0584. The highest BCUT2D eigenvalue weighted by Gasteiger charge is 2.18. The Morgan fingerprint density at radius 1 is 1.19 bits per heavy atom. The van der Waals surface area contributed by atoms with E-state index >= 15 is 0 Å². The summed E-state index contributed by atoms with van der Waals surface area (Å²) in [6, 6.07) is 9.25. The molecule has 0 aliphatic carbocycles. The molecule has 0 aliphatic rings. The predicted molar refractivity (Wildman–Crippen MR) is 126 cm³/mol. The van der Waals surface area contributed by atoms with E-state index in [9.17, 15) is 4.79 Å². The van der Waals surface area contributed by atoms with Crippen molar-refractivity contribution >= 4 is 34.3 Å². The van der Waals surface area contributed by atoms with Crippen LogP contribution in [0.25, 0.3) is 22.2 Å². The summed E-state index contributed by atoms with van der Waals surface area (Å²) in [6.45, 7) is 4.42. The summed E-state index contributed by atoms with van der Waals surface area (Å²) in [7, 11) is 3.53. The molecule has 0 fully saturated rings. The van der Waals surface area contributed by atoms with Gasteiger partial charge in [-0.3, -0.25) is 4.79 Å². The van der Waals surface area contributed by atoms with Crippen molar-refractivity contribution in [1.29, 1.82) is 0 Å². The monoisotopic (exact) mass is 453 g/mol. The minimum atomic E-state index is -0.356. The van der Waals surface area contributed by atoms with Crippen LogP contribution in [0.2, 0.25) is 5.02 Å². The third-order valence-electron chi connectivity index (χ3n) is 5.21. The lowest BCUT2D eigenvalue weighted by Crippen LogP contribution is -2.31. The van der Waals surface area contributed by atoms with E-state index in [1.165, 1.54) is 4.73 Å². The van der Waals surface area contributed by atoms with Crippen LogP contribution in [0.1, 0.15) is 11.3 Å². The second kappa shape index (κ2) is 9.02. The molecule has 3 heterocycles. The van der Waals surface area contributed by atoms with Gasteiger partial charge in [-0.25, -0.2) is 4.98 Å². The Balaban J connectivity index is 1.86. The zero-order valence-corrected chi connectivity index (χ0v) is 19.1. The van der Waals surface area contributed by atoms with Gasteiger partial charge in [-0.05, 0) is 37.6 Å². The molecule has 0 saturated carbocycles. The third-order valence-corrected chi connectivity index (χ3v) is 5.53. The van der Waals surface area contributed by atoms with Gasteiger partial charge in [-0.1, -0.05) is 23.7 Å². The summed E-state index contributed by atoms with van der Waals surface area (Å²) in [5.74, 6) is 0.355. The number of pyridine rings is 1. The molecule has 4 rings (SSSR count). The Labute approximate surface area is 190 Å². The number of aryl methyl sites for hydroxylation is 3. The minimum absolute atomic E-state index is 0.182. The number of anilines is 2. The molecule has 0 radical (unpaired) electrons. The second-order valence-electron chi connectivity index (χ2n) is 7.49. The Bertz CT molecular complexity index is 1310. The fourth-order valence-corrected chi connectivity index (χ4v) is 3.81. The van der Waals surface area contributed by atoms with Crippen molar-refractivity contribution in [2.24, 2.45) is 7.05 Å². The van der Waals surface area contributed by atoms with Crippen LogP contribution in [0.3, 0.4) is 0 Å². The molecule has 32 heavy (non-hydrogen) atoms. The van der Waals surface area contributed by atoms with Crippen LogP contribution in [0, 0.1) is 13.8 Å². The molecule has 1 aromatic carbocycles. The largest absolute Gasteiger partial charge is 0.406 e. The first-order valence-corrected chi connectivity index (χ1v) is 10.5. The summed E-state index contributed by atoms with van der Waals surface area (Å²) in [6.07, 6.45) is 3.60. The lowest BCUT2D eigenvalue weighted by atomic mass is 10.0. The number of hydrogen-bond donors (Lipinski definition) is 1. The first kappa shape index (κ1) is 21.9. The second-order valence-corrected chi connectivity index (χ2v) is 7.90. The van der Waals surface area contributed by atoms with Crippen molar-refractivity contribution in [3.05, 3.63) is 69.4 Å². The molecule has 0 spiro atoms. The number of nitrogens with one attached hydrogen (secondary N) is 1. The molecule has 4 aromatic rings. The van der Waals surface area contributed by atoms with E-state index in [-0.39, 0.29) is 12.2 Å². The van der Waals surface area contributed by atoms with E-state index in [2.05, 4.69) is 15.3 Å². The molecule has 166 valence electrons. The van der Waals surface area contributed by atoms with Crippen molar-refractivity contribution in [2.75, 3.05) is 25.6 Å². The van der Waals surface area contributed by atoms with Gasteiger partial charge in [-0.2, -0.15) is 4.98 Å². The topological polar surface area (TPSA) is 83.2 Å². The fraction of sp³-hybridized carbons (Fsp3) is 0.261. The van der Waals surface area contributed by atoms with Crippen molar-refractivity contribution in [3.63, 3.8) is 0 Å². The number of hydrogen-bond acceptors (Lipinski definition) is 6. The molecule has 0 atom stereocenters. The number of aromatic nitrogens is 4. The molecular formula is C23H24ClN5O3. The highest BCUT2D eigenvalue weighted by molar-refractivity contribution is 6.33. The predicted octanol–water partition coefficient (Wildman–Crippen LogP) is 3.89. The maximum atomic E-state index is 13.5. The van der Waals surface area contributed by atoms with E-state index in [4.69, 9.17) is 21.2 Å². The highest BCUT2D eigenvalue weighted by Crippen LogP contribution is 2.30. The third kappa shape index (κ3) is 4.19. The van der Waals surface area contributed by atoms with Crippen molar-refractivity contribution < 1.29 is 9.57 Å². The van der Waals surface area contributed by atoms with Crippen molar-refractivity contribution in [3.8, 4) is 11.1 Å². The first-order chi connectivity index (χ1) is 15.4. The zero-order valence-electron chi connectivity index (χ0n) is 18.3. The van der Waals surface area contributed by atoms with E-state index in [0.29, 0.717) is 39.7 Å². The quantitative estimate of drug-likeness (QED) is 0.427. The molecule has 1 N–H and O–H groups in total. The minimum Gasteiger partial charge on any atom is -0.406 e. The molecule has 0 amide bonds. The van der Waals surface area contributed by atoms with Gasteiger partial charge in [-0.15, -0.1) is 4.73 Å². The molecule has 9 heteroatoms. The van der Waals surface area contributed by atoms with E-state index in [1.54, 1.807) is 25.4 Å². The first-order valence-electron chi connectivity index (χ1n) is 10.1. The van der Waals surface area contributed by atoms with Crippen LogP contribution < -0.4 is 15.7 Å². The van der Waals surface area contributed by atoms with Gasteiger partial charge in [0.1, 0.15) is 6.61 Å². The average molecular weight is 454 g/mol. The number of nitrogens with zero attached hydrogens (tertiary/aromatic N) is 4. The molecule has 8 nitrogen and oxygen atoms in total. The van der Waals surface area contributed by atoms with Gasteiger partial charge in [0.25, 0.3) is 5.56 Å². The van der Waals surface area contributed by atoms with Crippen molar-refractivity contribution in [1.82, 2.24) is 19.3 Å². The summed E-state index contributed by atoms with van der Waals surface area (Å²) in [4.78, 5) is 28.2. The molecule has 0 unspecified atom stereocenters. The van der Waals surface area contributed by atoms with E-state index in [1.807, 2.05) is 49.9 Å². The van der Waals surface area contributed by atoms with Gasteiger partial charge >= 0.3 is 0 Å². The molecule has 0 bridgehead atoms. The number of halogens is 1. The fourth-order valence-electron chi connectivity index (χ4n) is 3.49. The summed E-state index contributed by atoms with van der Waals surface area (Å²) in [5, 5.41) is 4.31.